The molecule has 1 fully saturated rings. The van der Waals surface area contributed by atoms with Crippen LogP contribution in [0.25, 0.3) is 0 Å². The summed E-state index contributed by atoms with van der Waals surface area (Å²) in [6.07, 6.45) is 2.26. The highest BCUT2D eigenvalue weighted by Crippen LogP contribution is 2.28. The second kappa shape index (κ2) is 4.85. The SMILES string of the molecule is CN(c1ncc([N+](=O)[O-])cc1Cl)C1CCNC1. The zero-order valence-electron chi connectivity index (χ0n) is 9.39. The van der Waals surface area contributed by atoms with Crippen LogP contribution in [-0.4, -0.2) is 36.1 Å². The number of nitrogens with zero attached hydrogens (tertiary/aromatic N) is 3. The molecule has 0 aliphatic carbocycles. The first kappa shape index (κ1) is 12.1. The number of rotatable bonds is 3. The van der Waals surface area contributed by atoms with E-state index in [1.807, 2.05) is 11.9 Å². The lowest BCUT2D eigenvalue weighted by atomic mass is 10.2. The van der Waals surface area contributed by atoms with E-state index in [4.69, 9.17) is 11.6 Å². The average Bonchev–Trinajstić information content (AvgIpc) is 2.81. The molecule has 0 bridgehead atoms. The molecule has 0 saturated carbocycles. The Morgan fingerprint density at radius 3 is 3.00 bits per heavy atom. The van der Waals surface area contributed by atoms with Gasteiger partial charge in [0.25, 0.3) is 5.69 Å². The van der Waals surface area contributed by atoms with Crippen LogP contribution in [0.4, 0.5) is 11.5 Å². The van der Waals surface area contributed by atoms with E-state index in [-0.39, 0.29) is 5.69 Å². The van der Waals surface area contributed by atoms with Crippen LogP contribution < -0.4 is 10.2 Å². The van der Waals surface area contributed by atoms with E-state index in [1.165, 1.54) is 12.3 Å². The third-order valence-corrected chi connectivity index (χ3v) is 3.21. The first-order valence-corrected chi connectivity index (χ1v) is 5.71. The van der Waals surface area contributed by atoms with E-state index < -0.39 is 4.92 Å². The molecule has 2 rings (SSSR count). The van der Waals surface area contributed by atoms with E-state index in [2.05, 4.69) is 10.3 Å². The Kier molecular flexibility index (Phi) is 3.44. The van der Waals surface area contributed by atoms with Crippen LogP contribution in [0.1, 0.15) is 6.42 Å². The van der Waals surface area contributed by atoms with Crippen molar-refractivity contribution in [2.24, 2.45) is 0 Å². The van der Waals surface area contributed by atoms with E-state index in [1.54, 1.807) is 0 Å². The summed E-state index contributed by atoms with van der Waals surface area (Å²) in [5.74, 6) is 0.589. The van der Waals surface area contributed by atoms with E-state index in [9.17, 15) is 10.1 Å². The molecule has 92 valence electrons. The summed E-state index contributed by atoms with van der Waals surface area (Å²) in [6, 6.07) is 1.67. The second-order valence-corrected chi connectivity index (χ2v) is 4.42. The molecule has 1 N–H and O–H groups in total. The van der Waals surface area contributed by atoms with Crippen LogP contribution in [0.15, 0.2) is 12.3 Å². The molecule has 1 aromatic heterocycles. The maximum absolute atomic E-state index is 10.6. The zero-order chi connectivity index (χ0) is 12.4. The normalized spacial score (nSPS) is 19.3. The molecule has 1 aromatic rings. The maximum Gasteiger partial charge on any atom is 0.289 e. The first-order chi connectivity index (χ1) is 8.09. The monoisotopic (exact) mass is 256 g/mol. The highest BCUT2D eigenvalue weighted by Gasteiger charge is 2.23. The van der Waals surface area contributed by atoms with E-state index in [0.717, 1.165) is 19.5 Å². The minimum Gasteiger partial charge on any atom is -0.354 e. The van der Waals surface area contributed by atoms with Crippen LogP contribution >= 0.6 is 11.6 Å². The Morgan fingerprint density at radius 2 is 2.47 bits per heavy atom. The van der Waals surface area contributed by atoms with Gasteiger partial charge in [0.1, 0.15) is 12.0 Å². The predicted octanol–water partition coefficient (Wildman–Crippen LogP) is 1.44. The van der Waals surface area contributed by atoms with Crippen LogP contribution in [0.2, 0.25) is 5.02 Å². The molecule has 1 atom stereocenters. The third-order valence-electron chi connectivity index (χ3n) is 2.93. The third kappa shape index (κ3) is 2.48. The topological polar surface area (TPSA) is 71.3 Å². The van der Waals surface area contributed by atoms with Crippen molar-refractivity contribution in [2.75, 3.05) is 25.0 Å². The first-order valence-electron chi connectivity index (χ1n) is 5.33. The Balaban J connectivity index is 2.23. The van der Waals surface area contributed by atoms with Crippen molar-refractivity contribution in [3.63, 3.8) is 0 Å². The molecule has 0 amide bonds. The summed E-state index contributed by atoms with van der Waals surface area (Å²) >= 11 is 6.02. The number of anilines is 1. The minimum atomic E-state index is -0.500. The van der Waals surface area contributed by atoms with Gasteiger partial charge in [-0.2, -0.15) is 0 Å². The van der Waals surface area contributed by atoms with Crippen molar-refractivity contribution in [3.8, 4) is 0 Å². The van der Waals surface area contributed by atoms with Gasteiger partial charge in [-0.05, 0) is 13.0 Å². The van der Waals surface area contributed by atoms with Gasteiger partial charge in [0.05, 0.1) is 9.95 Å². The number of likely N-dealkylation sites (N-methyl/N-ethyl adjacent to an activating group) is 1. The molecule has 0 radical (unpaired) electrons. The molecule has 1 aliphatic heterocycles. The summed E-state index contributed by atoms with van der Waals surface area (Å²) in [6.45, 7) is 1.85. The molecule has 1 aliphatic rings. The number of halogens is 1. The second-order valence-electron chi connectivity index (χ2n) is 4.01. The Labute approximate surface area is 104 Å². The fraction of sp³-hybridized carbons (Fsp3) is 0.500. The molecular weight excluding hydrogens is 244 g/mol. The van der Waals surface area contributed by atoms with Crippen molar-refractivity contribution < 1.29 is 4.92 Å². The molecular formula is C10H13ClN4O2. The van der Waals surface area contributed by atoms with Gasteiger partial charge in [0, 0.05) is 25.7 Å². The van der Waals surface area contributed by atoms with E-state index >= 15 is 0 Å². The highest BCUT2D eigenvalue weighted by atomic mass is 35.5. The van der Waals surface area contributed by atoms with Crippen LogP contribution in [0.3, 0.4) is 0 Å². The van der Waals surface area contributed by atoms with Gasteiger partial charge in [0.2, 0.25) is 0 Å². The van der Waals surface area contributed by atoms with Crippen molar-refractivity contribution in [1.29, 1.82) is 0 Å². The molecule has 2 heterocycles. The van der Waals surface area contributed by atoms with Gasteiger partial charge in [-0.1, -0.05) is 11.6 Å². The maximum atomic E-state index is 10.6. The largest absolute Gasteiger partial charge is 0.354 e. The zero-order valence-corrected chi connectivity index (χ0v) is 10.1. The van der Waals surface area contributed by atoms with Gasteiger partial charge in [-0.25, -0.2) is 4.98 Å². The van der Waals surface area contributed by atoms with Crippen molar-refractivity contribution in [2.45, 2.75) is 12.5 Å². The van der Waals surface area contributed by atoms with Crippen molar-refractivity contribution >= 4 is 23.1 Å². The fourth-order valence-electron chi connectivity index (χ4n) is 1.92. The average molecular weight is 257 g/mol. The fourth-order valence-corrected chi connectivity index (χ4v) is 2.22. The van der Waals surface area contributed by atoms with Gasteiger partial charge >= 0.3 is 0 Å². The number of nitrogens with one attached hydrogen (secondary N) is 1. The minimum absolute atomic E-state index is 0.0864. The molecule has 1 unspecified atom stereocenters. The lowest BCUT2D eigenvalue weighted by Gasteiger charge is -2.25. The van der Waals surface area contributed by atoms with Crippen molar-refractivity contribution in [3.05, 3.63) is 27.4 Å². The summed E-state index contributed by atoms with van der Waals surface area (Å²) < 4.78 is 0. The molecule has 7 heteroatoms. The highest BCUT2D eigenvalue weighted by molar-refractivity contribution is 6.33. The summed E-state index contributed by atoms with van der Waals surface area (Å²) in [5.41, 5.74) is -0.0864. The van der Waals surface area contributed by atoms with Gasteiger partial charge in [-0.3, -0.25) is 10.1 Å². The summed E-state index contributed by atoms with van der Waals surface area (Å²) in [4.78, 5) is 16.1. The molecule has 6 nitrogen and oxygen atoms in total. The predicted molar refractivity (Wildman–Crippen MR) is 65.6 cm³/mol. The summed E-state index contributed by atoms with van der Waals surface area (Å²) in [7, 11) is 1.90. The van der Waals surface area contributed by atoms with Crippen molar-refractivity contribution in [1.82, 2.24) is 10.3 Å². The lowest BCUT2D eigenvalue weighted by molar-refractivity contribution is -0.385. The molecule has 0 aromatic carbocycles. The molecule has 1 saturated heterocycles. The van der Waals surface area contributed by atoms with E-state index in [0.29, 0.717) is 16.9 Å². The standard InChI is InChI=1S/C10H13ClN4O2/c1-14(7-2-3-12-5-7)10-9(11)4-8(6-13-10)15(16)17/h4,6-7,12H,2-3,5H2,1H3. The summed E-state index contributed by atoms with van der Waals surface area (Å²) in [5, 5.41) is 14.1. The van der Waals surface area contributed by atoms with Gasteiger partial charge in [0.15, 0.2) is 0 Å². The van der Waals surface area contributed by atoms with Gasteiger partial charge < -0.3 is 10.2 Å². The smallest absolute Gasteiger partial charge is 0.289 e. The Morgan fingerprint density at radius 1 is 1.71 bits per heavy atom. The quantitative estimate of drug-likeness (QED) is 0.655. The molecule has 17 heavy (non-hydrogen) atoms. The van der Waals surface area contributed by atoms with Gasteiger partial charge in [-0.15, -0.1) is 0 Å². The Hall–Kier alpha value is -1.40. The van der Waals surface area contributed by atoms with Crippen LogP contribution in [0.5, 0.6) is 0 Å². The van der Waals surface area contributed by atoms with Crippen LogP contribution in [0, 0.1) is 10.1 Å². The van der Waals surface area contributed by atoms with Crippen LogP contribution in [-0.2, 0) is 0 Å². The number of pyridine rings is 1. The lowest BCUT2D eigenvalue weighted by Crippen LogP contribution is -2.34. The Bertz CT molecular complexity index is 434. The number of hydrogen-bond donors (Lipinski definition) is 1. The number of nitro groups is 1. The molecule has 0 spiro atoms. The number of hydrogen-bond acceptors (Lipinski definition) is 5. The number of aromatic nitrogens is 1.